The summed E-state index contributed by atoms with van der Waals surface area (Å²) in [5.74, 6) is 1.27. The predicted octanol–water partition coefficient (Wildman–Crippen LogP) is 4.67. The number of anilines is 1. The summed E-state index contributed by atoms with van der Waals surface area (Å²) in [6.07, 6.45) is 5.72. The van der Waals surface area contributed by atoms with Gasteiger partial charge in [0.2, 0.25) is 0 Å². The molecular formula is C21H20INO3. The maximum atomic E-state index is 11.2. The van der Waals surface area contributed by atoms with E-state index in [-0.39, 0.29) is 18.6 Å². The normalized spacial score (nSPS) is 22.9. The molecule has 0 unspecified atom stereocenters. The molecule has 26 heavy (non-hydrogen) atoms. The molecule has 4 rings (SSSR count). The molecule has 1 aliphatic heterocycles. The SMILES string of the molecule is COC(=O)COc1ccc([C@@H]2Nc3ccc(I)cc3[C@@H]3C=CC[C@@H]32)cc1. The largest absolute Gasteiger partial charge is 0.482 e. The van der Waals surface area contributed by atoms with Crippen LogP contribution in [-0.2, 0) is 9.53 Å². The zero-order valence-electron chi connectivity index (χ0n) is 14.4. The first-order valence-corrected chi connectivity index (χ1v) is 9.76. The number of esters is 1. The zero-order valence-corrected chi connectivity index (χ0v) is 16.6. The minimum absolute atomic E-state index is 0.0713. The number of hydrogen-bond donors (Lipinski definition) is 1. The van der Waals surface area contributed by atoms with Crippen molar-refractivity contribution in [2.24, 2.45) is 5.92 Å². The summed E-state index contributed by atoms with van der Waals surface area (Å²) in [5.41, 5.74) is 3.84. The molecule has 0 saturated carbocycles. The first-order valence-electron chi connectivity index (χ1n) is 8.68. The molecule has 0 aromatic heterocycles. The van der Waals surface area contributed by atoms with Crippen molar-refractivity contribution in [3.05, 3.63) is 69.3 Å². The lowest BCUT2D eigenvalue weighted by Crippen LogP contribution is -2.29. The number of fused-ring (bicyclic) bond motifs is 3. The van der Waals surface area contributed by atoms with E-state index in [2.05, 4.69) is 75.1 Å². The Morgan fingerprint density at radius 1 is 1.23 bits per heavy atom. The number of carbonyl (C=O) groups is 1. The van der Waals surface area contributed by atoms with Gasteiger partial charge in [-0.15, -0.1) is 0 Å². The molecule has 2 aromatic rings. The number of methoxy groups -OCH3 is 1. The van der Waals surface area contributed by atoms with Gasteiger partial charge in [-0.2, -0.15) is 0 Å². The Morgan fingerprint density at radius 2 is 2.04 bits per heavy atom. The third kappa shape index (κ3) is 3.32. The van der Waals surface area contributed by atoms with Crippen LogP contribution in [-0.4, -0.2) is 19.7 Å². The van der Waals surface area contributed by atoms with E-state index in [0.717, 1.165) is 6.42 Å². The number of carbonyl (C=O) groups excluding carboxylic acids is 1. The van der Waals surface area contributed by atoms with Crippen molar-refractivity contribution in [1.82, 2.24) is 0 Å². The first kappa shape index (κ1) is 17.4. The second-order valence-corrected chi connectivity index (χ2v) is 7.89. The molecule has 1 heterocycles. The van der Waals surface area contributed by atoms with Gasteiger partial charge in [-0.05, 0) is 76.4 Å². The van der Waals surface area contributed by atoms with E-state index < -0.39 is 0 Å². The monoisotopic (exact) mass is 461 g/mol. The van der Waals surface area contributed by atoms with Crippen LogP contribution >= 0.6 is 22.6 Å². The van der Waals surface area contributed by atoms with E-state index in [9.17, 15) is 4.79 Å². The van der Waals surface area contributed by atoms with Crippen LogP contribution < -0.4 is 10.1 Å². The minimum Gasteiger partial charge on any atom is -0.482 e. The van der Waals surface area contributed by atoms with Gasteiger partial charge in [-0.25, -0.2) is 4.79 Å². The van der Waals surface area contributed by atoms with Crippen LogP contribution in [0, 0.1) is 9.49 Å². The van der Waals surface area contributed by atoms with Gasteiger partial charge in [-0.1, -0.05) is 24.3 Å². The summed E-state index contributed by atoms with van der Waals surface area (Å²) < 4.78 is 11.3. The van der Waals surface area contributed by atoms with Gasteiger partial charge in [0.1, 0.15) is 5.75 Å². The summed E-state index contributed by atoms with van der Waals surface area (Å²) >= 11 is 2.38. The van der Waals surface area contributed by atoms with Gasteiger partial charge in [0.25, 0.3) is 0 Å². The van der Waals surface area contributed by atoms with Crippen molar-refractivity contribution in [3.8, 4) is 5.75 Å². The molecule has 2 aromatic carbocycles. The highest BCUT2D eigenvalue weighted by Gasteiger charge is 2.37. The van der Waals surface area contributed by atoms with Crippen molar-refractivity contribution >= 4 is 34.2 Å². The second kappa shape index (κ2) is 7.31. The predicted molar refractivity (Wildman–Crippen MR) is 109 cm³/mol. The molecule has 134 valence electrons. The fourth-order valence-electron chi connectivity index (χ4n) is 3.87. The summed E-state index contributed by atoms with van der Waals surface area (Å²) in [6.45, 7) is -0.0713. The quantitative estimate of drug-likeness (QED) is 0.409. The third-order valence-electron chi connectivity index (χ3n) is 5.15. The fraction of sp³-hybridized carbons (Fsp3) is 0.286. The van der Waals surface area contributed by atoms with Crippen LogP contribution in [0.4, 0.5) is 5.69 Å². The maximum absolute atomic E-state index is 11.2. The lowest BCUT2D eigenvalue weighted by Gasteiger charge is -2.37. The van der Waals surface area contributed by atoms with Crippen LogP contribution in [0.25, 0.3) is 0 Å². The van der Waals surface area contributed by atoms with Gasteiger partial charge < -0.3 is 14.8 Å². The number of halogens is 1. The highest BCUT2D eigenvalue weighted by molar-refractivity contribution is 14.1. The van der Waals surface area contributed by atoms with Crippen molar-refractivity contribution < 1.29 is 14.3 Å². The molecule has 0 fully saturated rings. The maximum Gasteiger partial charge on any atom is 0.343 e. The Hall–Kier alpha value is -2.02. The Morgan fingerprint density at radius 3 is 2.81 bits per heavy atom. The molecule has 0 amide bonds. The highest BCUT2D eigenvalue weighted by atomic mass is 127. The molecule has 0 spiro atoms. The number of benzene rings is 2. The number of rotatable bonds is 4. The summed E-state index contributed by atoms with van der Waals surface area (Å²) in [7, 11) is 1.36. The topological polar surface area (TPSA) is 47.6 Å². The Bertz CT molecular complexity index is 847. The van der Waals surface area contributed by atoms with Crippen molar-refractivity contribution in [1.29, 1.82) is 0 Å². The van der Waals surface area contributed by atoms with Gasteiger partial charge in [0, 0.05) is 15.2 Å². The van der Waals surface area contributed by atoms with E-state index in [1.54, 1.807) is 0 Å². The molecule has 4 nitrogen and oxygen atoms in total. The number of allylic oxidation sites excluding steroid dienone is 2. The highest BCUT2D eigenvalue weighted by Crippen LogP contribution is 2.50. The molecule has 1 N–H and O–H groups in total. The standard InChI is InChI=1S/C21H20INO3/c1-25-20(24)12-26-15-8-5-13(6-9-15)21-17-4-2-3-16(17)18-11-14(22)7-10-19(18)23-21/h2-3,5-11,16-17,21,23H,4,12H2,1H3/t16-,17+,21+/m1/s1. The molecule has 0 bridgehead atoms. The van der Waals surface area contributed by atoms with E-state index in [1.807, 2.05) is 12.1 Å². The van der Waals surface area contributed by atoms with Gasteiger partial charge in [0.15, 0.2) is 6.61 Å². The Kier molecular flexibility index (Phi) is 4.89. The number of hydrogen-bond acceptors (Lipinski definition) is 4. The smallest absolute Gasteiger partial charge is 0.343 e. The average molecular weight is 461 g/mol. The van der Waals surface area contributed by atoms with Crippen LogP contribution in [0.2, 0.25) is 0 Å². The Labute approximate surface area is 166 Å². The van der Waals surface area contributed by atoms with Crippen molar-refractivity contribution in [3.63, 3.8) is 0 Å². The van der Waals surface area contributed by atoms with Gasteiger partial charge in [-0.3, -0.25) is 0 Å². The first-order chi connectivity index (χ1) is 12.7. The van der Waals surface area contributed by atoms with Crippen LogP contribution in [0.15, 0.2) is 54.6 Å². The Balaban J connectivity index is 1.56. The van der Waals surface area contributed by atoms with Crippen LogP contribution in [0.1, 0.15) is 29.5 Å². The fourth-order valence-corrected chi connectivity index (χ4v) is 4.38. The second-order valence-electron chi connectivity index (χ2n) is 6.64. The molecular weight excluding hydrogens is 441 g/mol. The van der Waals surface area contributed by atoms with Crippen molar-refractivity contribution in [2.75, 3.05) is 19.0 Å². The van der Waals surface area contributed by atoms with E-state index >= 15 is 0 Å². The summed E-state index contributed by atoms with van der Waals surface area (Å²) in [6, 6.07) is 14.9. The lowest BCUT2D eigenvalue weighted by molar-refractivity contribution is -0.142. The van der Waals surface area contributed by atoms with E-state index in [0.29, 0.717) is 17.6 Å². The molecule has 5 heteroatoms. The van der Waals surface area contributed by atoms with Gasteiger partial charge >= 0.3 is 5.97 Å². The zero-order chi connectivity index (χ0) is 18.1. The molecule has 2 aliphatic rings. The van der Waals surface area contributed by atoms with E-state index in [4.69, 9.17) is 4.74 Å². The summed E-state index contributed by atoms with van der Waals surface area (Å²) in [5, 5.41) is 3.73. The van der Waals surface area contributed by atoms with Crippen LogP contribution in [0.5, 0.6) is 5.75 Å². The number of ether oxygens (including phenoxy) is 2. The van der Waals surface area contributed by atoms with Crippen LogP contribution in [0.3, 0.4) is 0 Å². The molecule has 0 radical (unpaired) electrons. The van der Waals surface area contributed by atoms with E-state index in [1.165, 1.54) is 27.5 Å². The molecule has 1 aliphatic carbocycles. The lowest BCUT2D eigenvalue weighted by atomic mass is 9.77. The average Bonchev–Trinajstić information content (AvgIpc) is 3.16. The third-order valence-corrected chi connectivity index (χ3v) is 5.82. The summed E-state index contributed by atoms with van der Waals surface area (Å²) in [4.78, 5) is 11.2. The minimum atomic E-state index is -0.380. The number of nitrogens with one attached hydrogen (secondary N) is 1. The molecule has 3 atom stereocenters. The van der Waals surface area contributed by atoms with Gasteiger partial charge in [0.05, 0.1) is 13.2 Å². The molecule has 0 saturated heterocycles. The van der Waals surface area contributed by atoms with Crippen molar-refractivity contribution in [2.45, 2.75) is 18.4 Å².